The van der Waals surface area contributed by atoms with E-state index in [1.807, 2.05) is 24.3 Å². The number of rotatable bonds is 10. The summed E-state index contributed by atoms with van der Waals surface area (Å²) in [5, 5.41) is 18.9. The maximum atomic E-state index is 12.7. The van der Waals surface area contributed by atoms with Crippen molar-refractivity contribution in [3.8, 4) is 11.5 Å². The summed E-state index contributed by atoms with van der Waals surface area (Å²) in [6.07, 6.45) is 7.39. The Hall–Kier alpha value is -3.61. The smallest absolute Gasteiger partial charge is 0.343 e. The average molecular weight is 434 g/mol. The van der Waals surface area contributed by atoms with Crippen LogP contribution in [0.15, 0.2) is 54.6 Å². The molecule has 4 rings (SSSR count). The molecule has 7 nitrogen and oxygen atoms in total. The van der Waals surface area contributed by atoms with Gasteiger partial charge in [0.25, 0.3) is 0 Å². The molecule has 0 unspecified atom stereocenters. The van der Waals surface area contributed by atoms with Gasteiger partial charge in [0.05, 0.1) is 12.2 Å². The van der Waals surface area contributed by atoms with Crippen molar-refractivity contribution in [3.05, 3.63) is 60.2 Å². The van der Waals surface area contributed by atoms with E-state index in [1.165, 1.54) is 32.1 Å². The number of nitrogens with zero attached hydrogens (tertiary/aromatic N) is 3. The fraction of sp³-hybridized carbons (Fsp3) is 0.320. The fourth-order valence-electron chi connectivity index (χ4n) is 3.66. The van der Waals surface area contributed by atoms with Crippen molar-refractivity contribution in [2.24, 2.45) is 0 Å². The normalized spacial score (nSPS) is 11.2. The Morgan fingerprint density at radius 1 is 0.969 bits per heavy atom. The van der Waals surface area contributed by atoms with E-state index in [0.29, 0.717) is 28.0 Å². The molecule has 0 amide bonds. The monoisotopic (exact) mass is 433 g/mol. The number of carbonyl (C=O) groups excluding carboxylic acids is 1. The first-order valence-corrected chi connectivity index (χ1v) is 11.1. The largest absolute Gasteiger partial charge is 0.494 e. The number of ether oxygens (including phenoxy) is 2. The minimum atomic E-state index is -0.504. The molecule has 0 saturated heterocycles. The summed E-state index contributed by atoms with van der Waals surface area (Å²) < 4.78 is 11.4. The molecule has 3 aromatic carbocycles. The molecular formula is C25H27N3O4. The first-order valence-electron chi connectivity index (χ1n) is 11.1. The van der Waals surface area contributed by atoms with Gasteiger partial charge in [-0.1, -0.05) is 62.1 Å². The van der Waals surface area contributed by atoms with Crippen molar-refractivity contribution in [1.29, 1.82) is 0 Å². The van der Waals surface area contributed by atoms with Gasteiger partial charge >= 0.3 is 5.97 Å². The Labute approximate surface area is 186 Å². The summed E-state index contributed by atoms with van der Waals surface area (Å²) in [7, 11) is 0. The number of esters is 1. The van der Waals surface area contributed by atoms with Crippen LogP contribution in [0.2, 0.25) is 0 Å². The number of aromatic nitrogens is 3. The predicted octanol–water partition coefficient (Wildman–Crippen LogP) is 5.78. The van der Waals surface area contributed by atoms with E-state index < -0.39 is 5.97 Å². The highest BCUT2D eigenvalue weighted by atomic mass is 16.5. The SMILES string of the molecule is CCCCCCCCOc1ccc2cc(C(=O)Oc3cccc4c3nnn4O)ccc2c1. The van der Waals surface area contributed by atoms with Crippen molar-refractivity contribution < 1.29 is 19.5 Å². The van der Waals surface area contributed by atoms with E-state index in [0.717, 1.165) is 22.9 Å². The number of unbranched alkanes of at least 4 members (excludes halogenated alkanes) is 5. The van der Waals surface area contributed by atoms with Crippen LogP contribution in [0.5, 0.6) is 11.5 Å². The summed E-state index contributed by atoms with van der Waals surface area (Å²) in [6, 6.07) is 16.2. The van der Waals surface area contributed by atoms with Crippen LogP contribution in [0.4, 0.5) is 0 Å². The molecule has 0 spiro atoms. The Balaban J connectivity index is 1.39. The molecule has 32 heavy (non-hydrogen) atoms. The first kappa shape index (κ1) is 21.6. The topological polar surface area (TPSA) is 86.5 Å². The van der Waals surface area contributed by atoms with Gasteiger partial charge in [-0.05, 0) is 58.8 Å². The van der Waals surface area contributed by atoms with Gasteiger partial charge in [0.2, 0.25) is 0 Å². The summed E-state index contributed by atoms with van der Waals surface area (Å²) in [5.41, 5.74) is 1.10. The lowest BCUT2D eigenvalue weighted by atomic mass is 10.1. The third-order valence-electron chi connectivity index (χ3n) is 5.44. The van der Waals surface area contributed by atoms with E-state index >= 15 is 0 Å². The minimum absolute atomic E-state index is 0.242. The summed E-state index contributed by atoms with van der Waals surface area (Å²) in [5.74, 6) is 0.571. The van der Waals surface area contributed by atoms with Gasteiger partial charge in [0, 0.05) is 0 Å². The Kier molecular flexibility index (Phi) is 6.84. The highest BCUT2D eigenvalue weighted by Gasteiger charge is 2.15. The molecule has 1 aromatic heterocycles. The molecule has 0 fully saturated rings. The number of benzene rings is 3. The van der Waals surface area contributed by atoms with Crippen LogP contribution in [0.25, 0.3) is 21.8 Å². The molecule has 0 atom stereocenters. The van der Waals surface area contributed by atoms with Crippen LogP contribution in [0.1, 0.15) is 55.8 Å². The van der Waals surface area contributed by atoms with Gasteiger partial charge in [0.1, 0.15) is 11.3 Å². The molecular weight excluding hydrogens is 406 g/mol. The molecule has 0 saturated carbocycles. The maximum Gasteiger partial charge on any atom is 0.343 e. The van der Waals surface area contributed by atoms with Gasteiger partial charge in [-0.3, -0.25) is 0 Å². The fourth-order valence-corrected chi connectivity index (χ4v) is 3.66. The third kappa shape index (κ3) is 4.99. The summed E-state index contributed by atoms with van der Waals surface area (Å²) >= 11 is 0. The van der Waals surface area contributed by atoms with Crippen LogP contribution >= 0.6 is 0 Å². The molecule has 1 heterocycles. The molecule has 0 aliphatic rings. The van der Waals surface area contributed by atoms with E-state index in [-0.39, 0.29) is 5.75 Å². The van der Waals surface area contributed by atoms with Crippen LogP contribution in [-0.2, 0) is 0 Å². The maximum absolute atomic E-state index is 12.7. The van der Waals surface area contributed by atoms with Gasteiger partial charge in [-0.15, -0.1) is 5.10 Å². The van der Waals surface area contributed by atoms with E-state index in [2.05, 4.69) is 17.2 Å². The van der Waals surface area contributed by atoms with Crippen molar-refractivity contribution in [3.63, 3.8) is 0 Å². The zero-order valence-electron chi connectivity index (χ0n) is 18.2. The lowest BCUT2D eigenvalue weighted by Crippen LogP contribution is -2.08. The Bertz CT molecular complexity index is 1220. The van der Waals surface area contributed by atoms with Crippen LogP contribution in [0, 0.1) is 0 Å². The number of hydrogen-bond donors (Lipinski definition) is 1. The zero-order valence-corrected chi connectivity index (χ0v) is 18.2. The third-order valence-corrected chi connectivity index (χ3v) is 5.44. The molecule has 0 aliphatic heterocycles. The molecule has 166 valence electrons. The molecule has 7 heteroatoms. The van der Waals surface area contributed by atoms with Gasteiger partial charge < -0.3 is 14.7 Å². The second-order valence-electron chi connectivity index (χ2n) is 7.83. The predicted molar refractivity (Wildman–Crippen MR) is 122 cm³/mol. The lowest BCUT2D eigenvalue weighted by Gasteiger charge is -2.09. The molecule has 0 aliphatic carbocycles. The highest BCUT2D eigenvalue weighted by Crippen LogP contribution is 2.26. The van der Waals surface area contributed by atoms with Crippen molar-refractivity contribution in [2.45, 2.75) is 45.4 Å². The van der Waals surface area contributed by atoms with E-state index in [1.54, 1.807) is 30.3 Å². The van der Waals surface area contributed by atoms with Crippen molar-refractivity contribution in [2.75, 3.05) is 6.61 Å². The van der Waals surface area contributed by atoms with Crippen LogP contribution in [0.3, 0.4) is 0 Å². The average Bonchev–Trinajstić information content (AvgIpc) is 3.20. The van der Waals surface area contributed by atoms with E-state index in [9.17, 15) is 10.0 Å². The van der Waals surface area contributed by atoms with Crippen molar-refractivity contribution >= 4 is 27.8 Å². The second-order valence-corrected chi connectivity index (χ2v) is 7.83. The van der Waals surface area contributed by atoms with Crippen molar-refractivity contribution in [1.82, 2.24) is 15.2 Å². The highest BCUT2D eigenvalue weighted by molar-refractivity contribution is 5.98. The summed E-state index contributed by atoms with van der Waals surface area (Å²) in [4.78, 5) is 13.3. The van der Waals surface area contributed by atoms with E-state index in [4.69, 9.17) is 9.47 Å². The Morgan fingerprint density at radius 2 is 1.75 bits per heavy atom. The number of carbonyl (C=O) groups is 1. The lowest BCUT2D eigenvalue weighted by molar-refractivity contribution is 0.0737. The Morgan fingerprint density at radius 3 is 2.62 bits per heavy atom. The zero-order chi connectivity index (χ0) is 22.3. The van der Waals surface area contributed by atoms with Gasteiger partial charge in [-0.2, -0.15) is 0 Å². The number of hydrogen-bond acceptors (Lipinski definition) is 6. The standard InChI is InChI=1S/C25H27N3O4/c1-2-3-4-5-6-7-15-31-21-14-13-18-16-20(12-11-19(18)17-21)25(29)32-23-10-8-9-22-24(23)26-27-28(22)30/h8-14,16-17,30H,2-7,15H2,1H3. The molecule has 1 N–H and O–H groups in total. The van der Waals surface area contributed by atoms with Gasteiger partial charge in [0.15, 0.2) is 11.3 Å². The van der Waals surface area contributed by atoms with Crippen LogP contribution in [-0.4, -0.2) is 32.9 Å². The molecule has 0 radical (unpaired) electrons. The quantitative estimate of drug-likeness (QED) is 0.148. The summed E-state index contributed by atoms with van der Waals surface area (Å²) in [6.45, 7) is 2.94. The first-order chi connectivity index (χ1) is 15.7. The number of fused-ring (bicyclic) bond motifs is 2. The van der Waals surface area contributed by atoms with Crippen LogP contribution < -0.4 is 9.47 Å². The molecule has 0 bridgehead atoms. The second kappa shape index (κ2) is 10.1. The molecule has 4 aromatic rings. The minimum Gasteiger partial charge on any atom is -0.494 e. The van der Waals surface area contributed by atoms with Gasteiger partial charge in [-0.25, -0.2) is 4.79 Å².